The minimum Gasteiger partial charge on any atom is -0.508 e. The zero-order valence-electron chi connectivity index (χ0n) is 21.6. The normalized spacial score (nSPS) is 20.8. The lowest BCUT2D eigenvalue weighted by molar-refractivity contribution is 0.310. The van der Waals surface area contributed by atoms with Crippen molar-refractivity contribution in [1.29, 1.82) is 0 Å². The van der Waals surface area contributed by atoms with Crippen LogP contribution in [0.2, 0.25) is 0 Å². The van der Waals surface area contributed by atoms with E-state index in [1.807, 2.05) is 6.07 Å². The Morgan fingerprint density at radius 3 is 2.54 bits per heavy atom. The van der Waals surface area contributed by atoms with Crippen LogP contribution in [0.3, 0.4) is 0 Å². The third kappa shape index (κ3) is 3.73. The van der Waals surface area contributed by atoms with Crippen molar-refractivity contribution in [3.8, 4) is 35.4 Å². The van der Waals surface area contributed by atoms with Crippen molar-refractivity contribution in [3.05, 3.63) is 52.1 Å². The Kier molecular flexibility index (Phi) is 5.49. The molecule has 8 nitrogen and oxygen atoms in total. The molecule has 2 unspecified atom stereocenters. The maximum absolute atomic E-state index is 14.9. The highest BCUT2D eigenvalue weighted by molar-refractivity contribution is 6.03. The fourth-order valence-corrected chi connectivity index (χ4v) is 6.46. The van der Waals surface area contributed by atoms with Crippen LogP contribution in [0, 0.1) is 18.2 Å². The van der Waals surface area contributed by atoms with E-state index < -0.39 is 5.82 Å². The number of methoxy groups -OCH3 is 1. The molecule has 2 bridgehead atoms. The number of hydrogen-bond acceptors (Lipinski definition) is 7. The summed E-state index contributed by atoms with van der Waals surface area (Å²) in [5.41, 5.74) is 1.35. The second-order valence-electron chi connectivity index (χ2n) is 10.8. The Morgan fingerprint density at radius 2 is 1.87 bits per heavy atom. The van der Waals surface area contributed by atoms with Gasteiger partial charge in [0.2, 0.25) is 0 Å². The maximum Gasteiger partial charge on any atom is 0.318 e. The first kappa shape index (κ1) is 23.9. The van der Waals surface area contributed by atoms with Crippen LogP contribution in [0.4, 0.5) is 10.2 Å². The zero-order chi connectivity index (χ0) is 26.8. The number of hydrogen-bond donors (Lipinski definition) is 2. The molecule has 39 heavy (non-hydrogen) atoms. The average Bonchev–Trinajstić information content (AvgIpc) is 3.25. The van der Waals surface area contributed by atoms with Crippen LogP contribution in [0.25, 0.3) is 32.9 Å². The number of pyridine rings is 1. The third-order valence-electron chi connectivity index (χ3n) is 8.47. The van der Waals surface area contributed by atoms with E-state index in [4.69, 9.17) is 11.2 Å². The second-order valence-corrected chi connectivity index (χ2v) is 10.8. The van der Waals surface area contributed by atoms with E-state index in [-0.39, 0.29) is 28.9 Å². The van der Waals surface area contributed by atoms with Gasteiger partial charge in [0.25, 0.3) is 5.56 Å². The lowest BCUT2D eigenvalue weighted by Crippen LogP contribution is -2.51. The summed E-state index contributed by atoms with van der Waals surface area (Å²) in [6, 6.07) is 8.65. The van der Waals surface area contributed by atoms with E-state index in [0.717, 1.165) is 45.2 Å². The van der Waals surface area contributed by atoms with Gasteiger partial charge in [-0.3, -0.25) is 4.79 Å². The van der Waals surface area contributed by atoms with E-state index in [9.17, 15) is 14.3 Å². The van der Waals surface area contributed by atoms with Gasteiger partial charge in [-0.1, -0.05) is 12.0 Å². The summed E-state index contributed by atoms with van der Waals surface area (Å²) in [6.45, 7) is 1.50. The molecular weight excluding hydrogens is 497 g/mol. The smallest absolute Gasteiger partial charge is 0.318 e. The molecule has 7 rings (SSSR count). The molecule has 3 fully saturated rings. The van der Waals surface area contributed by atoms with E-state index >= 15 is 0 Å². The summed E-state index contributed by atoms with van der Waals surface area (Å²) < 4.78 is 22.1. The molecule has 0 radical (unpaired) electrons. The van der Waals surface area contributed by atoms with Gasteiger partial charge in [-0.15, -0.1) is 6.42 Å². The molecule has 2 aromatic carbocycles. The number of rotatable bonds is 4. The second kappa shape index (κ2) is 8.95. The molecule has 9 heteroatoms. The number of phenolic OH excluding ortho intramolecular Hbond substituents is 1. The van der Waals surface area contributed by atoms with Crippen LogP contribution in [0.15, 0.2) is 35.1 Å². The van der Waals surface area contributed by atoms with Crippen LogP contribution in [0.5, 0.6) is 11.8 Å². The van der Waals surface area contributed by atoms with Gasteiger partial charge >= 0.3 is 6.01 Å². The Hall–Kier alpha value is -4.16. The third-order valence-corrected chi connectivity index (χ3v) is 8.47. The van der Waals surface area contributed by atoms with Crippen molar-refractivity contribution in [2.45, 2.75) is 50.2 Å². The zero-order valence-corrected chi connectivity index (χ0v) is 21.6. The molecule has 4 aromatic rings. The van der Waals surface area contributed by atoms with Crippen LogP contribution in [-0.4, -0.2) is 51.9 Å². The standard InChI is InChI=1S/C30H28FN5O3/c1-3-21-23(31)10-7-16-11-20(37)12-22(26(16)21)25-13-24-27(29(38)36(25)19-5-4-6-19)28(34-30(33-24)39-2)35-14-17-8-9-18(15-35)32-17/h1,7,10-13,17-19,32,37H,4-6,8-9,14-15H2,2H3. The number of piperazine rings is 1. The Labute approximate surface area is 224 Å². The molecular formula is C30H28FN5O3. The van der Waals surface area contributed by atoms with Crippen LogP contribution < -0.4 is 20.5 Å². The van der Waals surface area contributed by atoms with Crippen molar-refractivity contribution in [2.75, 3.05) is 25.1 Å². The monoisotopic (exact) mass is 525 g/mol. The van der Waals surface area contributed by atoms with Gasteiger partial charge in [0.1, 0.15) is 22.8 Å². The number of anilines is 1. The number of phenols is 1. The van der Waals surface area contributed by atoms with E-state index in [1.165, 1.54) is 13.2 Å². The van der Waals surface area contributed by atoms with E-state index in [2.05, 4.69) is 26.1 Å². The lowest BCUT2D eigenvalue weighted by Gasteiger charge is -2.35. The first-order chi connectivity index (χ1) is 18.9. The van der Waals surface area contributed by atoms with Crippen LogP contribution in [0.1, 0.15) is 43.7 Å². The average molecular weight is 526 g/mol. The van der Waals surface area contributed by atoms with Crippen molar-refractivity contribution in [3.63, 3.8) is 0 Å². The highest BCUT2D eigenvalue weighted by atomic mass is 19.1. The molecule has 1 saturated carbocycles. The summed E-state index contributed by atoms with van der Waals surface area (Å²) in [7, 11) is 1.51. The SMILES string of the molecule is C#Cc1c(F)ccc2cc(O)cc(-c3cc4nc(OC)nc(N5CC6CCC(C5)N6)c4c(=O)n3C3CCC3)c12. The molecule has 3 aliphatic rings. The number of fused-ring (bicyclic) bond motifs is 4. The summed E-state index contributed by atoms with van der Waals surface area (Å²) >= 11 is 0. The lowest BCUT2D eigenvalue weighted by atomic mass is 9.90. The number of nitrogens with zero attached hydrogens (tertiary/aromatic N) is 4. The van der Waals surface area contributed by atoms with E-state index in [0.29, 0.717) is 50.8 Å². The number of nitrogens with one attached hydrogen (secondary N) is 1. The number of benzene rings is 2. The summed E-state index contributed by atoms with van der Waals surface area (Å²) in [5.74, 6) is 2.52. The predicted octanol–water partition coefficient (Wildman–Crippen LogP) is 4.11. The number of ether oxygens (including phenoxy) is 1. The number of aromatic nitrogens is 3. The van der Waals surface area contributed by atoms with Gasteiger partial charge in [0.15, 0.2) is 0 Å². The van der Waals surface area contributed by atoms with E-state index in [1.54, 1.807) is 22.8 Å². The molecule has 1 aliphatic carbocycles. The molecule has 2 atom stereocenters. The van der Waals surface area contributed by atoms with Gasteiger partial charge in [-0.25, -0.2) is 4.39 Å². The summed E-state index contributed by atoms with van der Waals surface area (Å²) in [5, 5.41) is 15.8. The first-order valence-corrected chi connectivity index (χ1v) is 13.4. The minimum atomic E-state index is -0.533. The van der Waals surface area contributed by atoms with Crippen LogP contribution in [-0.2, 0) is 0 Å². The van der Waals surface area contributed by atoms with Gasteiger partial charge in [-0.2, -0.15) is 9.97 Å². The predicted molar refractivity (Wildman–Crippen MR) is 148 cm³/mol. The summed E-state index contributed by atoms with van der Waals surface area (Å²) in [4.78, 5) is 25.9. The quantitative estimate of drug-likeness (QED) is 0.388. The largest absolute Gasteiger partial charge is 0.508 e. The highest BCUT2D eigenvalue weighted by Crippen LogP contribution is 2.41. The maximum atomic E-state index is 14.9. The van der Waals surface area contributed by atoms with Crippen molar-refractivity contribution >= 4 is 27.5 Å². The van der Waals surface area contributed by atoms with Gasteiger partial charge < -0.3 is 24.6 Å². The molecule has 0 spiro atoms. The molecule has 198 valence electrons. The van der Waals surface area contributed by atoms with Crippen LogP contribution >= 0.6 is 0 Å². The summed E-state index contributed by atoms with van der Waals surface area (Å²) in [6.07, 6.45) is 10.6. The van der Waals surface area contributed by atoms with Gasteiger partial charge in [-0.05, 0) is 61.8 Å². The van der Waals surface area contributed by atoms with Crippen molar-refractivity contribution < 1.29 is 14.2 Å². The number of halogens is 1. The minimum absolute atomic E-state index is 0.00275. The molecule has 2 N–H and O–H groups in total. The van der Waals surface area contributed by atoms with Crippen molar-refractivity contribution in [1.82, 2.24) is 19.9 Å². The Balaban J connectivity index is 1.55. The number of aromatic hydroxyl groups is 1. The topological polar surface area (TPSA) is 92.5 Å². The molecule has 4 heterocycles. The fraction of sp³-hybridized carbons (Fsp3) is 0.367. The molecule has 2 saturated heterocycles. The van der Waals surface area contributed by atoms with Gasteiger partial charge in [0, 0.05) is 42.2 Å². The molecule has 0 amide bonds. The van der Waals surface area contributed by atoms with Crippen molar-refractivity contribution in [2.24, 2.45) is 0 Å². The molecule has 2 aromatic heterocycles. The molecule has 2 aliphatic heterocycles. The van der Waals surface area contributed by atoms with Gasteiger partial charge in [0.05, 0.1) is 23.9 Å². The number of terminal acetylenes is 1. The Morgan fingerprint density at radius 1 is 1.10 bits per heavy atom. The highest BCUT2D eigenvalue weighted by Gasteiger charge is 2.35. The first-order valence-electron chi connectivity index (χ1n) is 13.4. The fourth-order valence-electron chi connectivity index (χ4n) is 6.46. The Bertz CT molecular complexity index is 1740.